The highest BCUT2D eigenvalue weighted by molar-refractivity contribution is 5.96. The van der Waals surface area contributed by atoms with Crippen LogP contribution in [0.5, 0.6) is 0 Å². The second-order valence-corrected chi connectivity index (χ2v) is 7.03. The highest BCUT2D eigenvalue weighted by Gasteiger charge is 2.31. The average molecular weight is 359 g/mol. The van der Waals surface area contributed by atoms with E-state index in [4.69, 9.17) is 4.74 Å². The molecule has 0 rings (SSSR count). The van der Waals surface area contributed by atoms with Gasteiger partial charge in [-0.3, -0.25) is 4.79 Å². The van der Waals surface area contributed by atoms with Gasteiger partial charge >= 0.3 is 18.0 Å². The maximum atomic E-state index is 12.2. The van der Waals surface area contributed by atoms with Crippen LogP contribution in [0.25, 0.3) is 0 Å². The third-order valence-corrected chi connectivity index (χ3v) is 3.38. The predicted molar refractivity (Wildman–Crippen MR) is 90.9 cm³/mol. The third kappa shape index (κ3) is 7.08. The van der Waals surface area contributed by atoms with Crippen molar-refractivity contribution in [2.45, 2.75) is 51.9 Å². The van der Waals surface area contributed by atoms with E-state index in [1.165, 1.54) is 40.0 Å². The number of amides is 4. The fourth-order valence-electron chi connectivity index (χ4n) is 1.81. The number of hydrogen-bond donors (Lipinski definition) is 1. The first-order valence-corrected chi connectivity index (χ1v) is 7.84. The van der Waals surface area contributed by atoms with Crippen LogP contribution in [0.15, 0.2) is 0 Å². The molecule has 0 saturated carbocycles. The van der Waals surface area contributed by atoms with E-state index in [2.05, 4.69) is 0 Å². The number of carbonyl (C=O) groups is 4. The molecule has 4 amide bonds. The maximum Gasteiger partial charge on any atom is 0.335 e. The number of Topliss-reactive ketones (excluding diaryl/α,β-unsaturated/α-hetero) is 1. The third-order valence-electron chi connectivity index (χ3n) is 3.38. The molecule has 0 radical (unpaired) electrons. The molecule has 0 fully saturated rings. The first-order valence-electron chi connectivity index (χ1n) is 7.84. The summed E-state index contributed by atoms with van der Waals surface area (Å²) in [7, 11) is 5.66. The predicted octanol–water partition coefficient (Wildman–Crippen LogP) is 0.702. The van der Waals surface area contributed by atoms with Crippen LogP contribution in [0.2, 0.25) is 0 Å². The van der Waals surface area contributed by atoms with Crippen molar-refractivity contribution in [1.82, 2.24) is 14.7 Å². The SMILES string of the molecule is C[C@@H](C(=O)CC(O)C(=O)OC(C)(C)C)N(C)C(=O)N(C)C(=O)N(C)C. The molecule has 0 aliphatic heterocycles. The van der Waals surface area contributed by atoms with Crippen LogP contribution in [-0.2, 0) is 14.3 Å². The Hall–Kier alpha value is -2.16. The standard InChI is InChI=1S/C16H29N3O6/c1-10(18(7)15(24)19(8)14(23)17(5)6)11(20)9-12(21)13(22)25-16(2,3)4/h10,12,21H,9H2,1-8H3/t10-,12?/m0/s1. The fourth-order valence-corrected chi connectivity index (χ4v) is 1.81. The Morgan fingerprint density at radius 1 is 1.00 bits per heavy atom. The largest absolute Gasteiger partial charge is 0.458 e. The van der Waals surface area contributed by atoms with E-state index < -0.39 is 48.0 Å². The van der Waals surface area contributed by atoms with Crippen molar-refractivity contribution in [3.63, 3.8) is 0 Å². The molecule has 25 heavy (non-hydrogen) atoms. The zero-order chi connectivity index (χ0) is 20.1. The summed E-state index contributed by atoms with van der Waals surface area (Å²) in [5.41, 5.74) is -0.783. The Morgan fingerprint density at radius 2 is 1.48 bits per heavy atom. The van der Waals surface area contributed by atoms with Gasteiger partial charge in [-0.05, 0) is 27.7 Å². The number of ketones is 1. The molecular formula is C16H29N3O6. The van der Waals surface area contributed by atoms with Crippen molar-refractivity contribution in [3.8, 4) is 0 Å². The Kier molecular flexibility index (Phi) is 8.04. The van der Waals surface area contributed by atoms with Crippen LogP contribution in [0, 0.1) is 0 Å². The molecule has 0 aromatic rings. The zero-order valence-corrected chi connectivity index (χ0v) is 16.2. The summed E-state index contributed by atoms with van der Waals surface area (Å²) < 4.78 is 5.00. The summed E-state index contributed by atoms with van der Waals surface area (Å²) in [5, 5.41) is 9.82. The number of carbonyl (C=O) groups excluding carboxylic acids is 4. The van der Waals surface area contributed by atoms with E-state index >= 15 is 0 Å². The minimum Gasteiger partial charge on any atom is -0.458 e. The van der Waals surface area contributed by atoms with Crippen LogP contribution in [0.1, 0.15) is 34.1 Å². The molecule has 9 nitrogen and oxygen atoms in total. The number of nitrogens with zero attached hydrogens (tertiary/aromatic N) is 3. The summed E-state index contributed by atoms with van der Waals surface area (Å²) in [4.78, 5) is 51.2. The highest BCUT2D eigenvalue weighted by Crippen LogP contribution is 2.12. The van der Waals surface area contributed by atoms with Crippen molar-refractivity contribution < 1.29 is 29.0 Å². The lowest BCUT2D eigenvalue weighted by atomic mass is 10.1. The Bertz CT molecular complexity index is 526. The molecule has 0 bridgehead atoms. The highest BCUT2D eigenvalue weighted by atomic mass is 16.6. The molecule has 0 heterocycles. The first-order chi connectivity index (χ1) is 11.2. The van der Waals surface area contributed by atoms with E-state index in [0.29, 0.717) is 0 Å². The fraction of sp³-hybridized carbons (Fsp3) is 0.750. The monoisotopic (exact) mass is 359 g/mol. The summed E-state index contributed by atoms with van der Waals surface area (Å²) in [6.07, 6.45) is -2.10. The molecular weight excluding hydrogens is 330 g/mol. The lowest BCUT2D eigenvalue weighted by Crippen LogP contribution is -2.51. The number of esters is 1. The van der Waals surface area contributed by atoms with Crippen LogP contribution in [0.4, 0.5) is 9.59 Å². The molecule has 0 spiro atoms. The number of aliphatic hydroxyl groups is 1. The number of aliphatic hydroxyl groups excluding tert-OH is 1. The van der Waals surface area contributed by atoms with Gasteiger partial charge < -0.3 is 19.6 Å². The number of ether oxygens (including phenoxy) is 1. The van der Waals surface area contributed by atoms with Crippen molar-refractivity contribution >= 4 is 23.8 Å². The average Bonchev–Trinajstić information content (AvgIpc) is 2.49. The molecule has 0 aliphatic carbocycles. The van der Waals surface area contributed by atoms with Crippen LogP contribution >= 0.6 is 0 Å². The van der Waals surface area contributed by atoms with Crippen LogP contribution in [0.3, 0.4) is 0 Å². The summed E-state index contributed by atoms with van der Waals surface area (Å²) in [6.45, 7) is 6.39. The van der Waals surface area contributed by atoms with Gasteiger partial charge in [0, 0.05) is 34.6 Å². The van der Waals surface area contributed by atoms with Gasteiger partial charge in [0.15, 0.2) is 11.9 Å². The summed E-state index contributed by atoms with van der Waals surface area (Å²) >= 11 is 0. The van der Waals surface area contributed by atoms with Gasteiger partial charge in [-0.2, -0.15) is 0 Å². The Balaban J connectivity index is 4.85. The Morgan fingerprint density at radius 3 is 1.88 bits per heavy atom. The van der Waals surface area contributed by atoms with E-state index in [1.54, 1.807) is 20.8 Å². The number of rotatable bonds is 5. The normalized spacial score (nSPS) is 13.5. The molecule has 144 valence electrons. The summed E-state index contributed by atoms with van der Waals surface area (Å²) in [5.74, 6) is -1.43. The van der Waals surface area contributed by atoms with Gasteiger partial charge in [-0.25, -0.2) is 19.3 Å². The van der Waals surface area contributed by atoms with Crippen molar-refractivity contribution in [3.05, 3.63) is 0 Å². The van der Waals surface area contributed by atoms with E-state index in [0.717, 1.165) is 9.80 Å². The van der Waals surface area contributed by atoms with Crippen molar-refractivity contribution in [1.29, 1.82) is 0 Å². The second kappa shape index (κ2) is 8.80. The van der Waals surface area contributed by atoms with Gasteiger partial charge in [-0.15, -0.1) is 0 Å². The number of hydrogen-bond acceptors (Lipinski definition) is 6. The minimum atomic E-state index is -1.61. The minimum absolute atomic E-state index is 0.487. The van der Waals surface area contributed by atoms with Gasteiger partial charge in [0.1, 0.15) is 5.60 Å². The van der Waals surface area contributed by atoms with Gasteiger partial charge in [0.05, 0.1) is 6.04 Å². The van der Waals surface area contributed by atoms with Gasteiger partial charge in [-0.1, -0.05) is 0 Å². The van der Waals surface area contributed by atoms with Crippen LogP contribution < -0.4 is 0 Å². The number of imide groups is 1. The maximum absolute atomic E-state index is 12.2. The topological polar surface area (TPSA) is 107 Å². The number of urea groups is 2. The quantitative estimate of drug-likeness (QED) is 0.724. The van der Waals surface area contributed by atoms with Crippen LogP contribution in [-0.4, -0.2) is 89.6 Å². The molecule has 0 aromatic carbocycles. The van der Waals surface area contributed by atoms with Gasteiger partial charge in [0.2, 0.25) is 0 Å². The lowest BCUT2D eigenvalue weighted by Gasteiger charge is -2.29. The first kappa shape index (κ1) is 22.8. The van der Waals surface area contributed by atoms with E-state index in [-0.39, 0.29) is 0 Å². The zero-order valence-electron chi connectivity index (χ0n) is 16.2. The molecule has 0 aromatic heterocycles. The molecule has 1 N–H and O–H groups in total. The molecule has 0 aliphatic rings. The second-order valence-electron chi connectivity index (χ2n) is 7.03. The molecule has 9 heteroatoms. The van der Waals surface area contributed by atoms with E-state index in [1.807, 2.05) is 0 Å². The Labute approximate surface area is 148 Å². The molecule has 0 saturated heterocycles. The van der Waals surface area contributed by atoms with Crippen molar-refractivity contribution in [2.24, 2.45) is 0 Å². The lowest BCUT2D eigenvalue weighted by molar-refractivity contribution is -0.166. The molecule has 2 atom stereocenters. The summed E-state index contributed by atoms with van der Waals surface area (Å²) in [6, 6.07) is -2.14. The number of likely N-dealkylation sites (N-methyl/N-ethyl adjacent to an activating group) is 1. The molecule has 1 unspecified atom stereocenters. The van der Waals surface area contributed by atoms with Crippen molar-refractivity contribution in [2.75, 3.05) is 28.2 Å². The van der Waals surface area contributed by atoms with E-state index in [9.17, 15) is 24.3 Å². The van der Waals surface area contributed by atoms with Gasteiger partial charge in [0.25, 0.3) is 0 Å². The smallest absolute Gasteiger partial charge is 0.335 e.